The number of hydrogen-bond donors (Lipinski definition) is 1. The Morgan fingerprint density at radius 1 is 1.07 bits per heavy atom. The number of piperazine rings is 1. The molecule has 160 valence electrons. The lowest BCUT2D eigenvalue weighted by Gasteiger charge is -2.36. The molecule has 0 saturated carbocycles. The summed E-state index contributed by atoms with van der Waals surface area (Å²) in [5.74, 6) is -0.167. The summed E-state index contributed by atoms with van der Waals surface area (Å²) in [6.45, 7) is 4.68. The van der Waals surface area contributed by atoms with Gasteiger partial charge in [0.05, 0.1) is 11.0 Å². The molecule has 3 rings (SSSR count). The summed E-state index contributed by atoms with van der Waals surface area (Å²) in [4.78, 5) is 24.7. The Balaban J connectivity index is 1.66. The number of aryl methyl sites for hydroxylation is 1. The average molecular weight is 433 g/mol. The highest BCUT2D eigenvalue weighted by atomic mass is 32.2. The maximum absolute atomic E-state index is 12.9. The highest BCUT2D eigenvalue weighted by Gasteiger charge is 2.35. The number of rotatable bonds is 6. The molecule has 1 N–H and O–H groups in total. The number of anilines is 1. The average Bonchev–Trinajstić information content (AvgIpc) is 2.74. The normalized spacial score (nSPS) is 16.7. The Morgan fingerprint density at radius 2 is 1.67 bits per heavy atom. The monoisotopic (exact) mass is 432 g/mol. The first-order valence-electron chi connectivity index (χ1n) is 9.56. The third kappa shape index (κ3) is 4.50. The Labute approximate surface area is 175 Å². The van der Waals surface area contributed by atoms with Crippen molar-refractivity contribution in [1.29, 1.82) is 0 Å². The van der Waals surface area contributed by atoms with Crippen molar-refractivity contribution >= 4 is 27.3 Å². The molecule has 1 saturated heterocycles. The number of amides is 1. The van der Waals surface area contributed by atoms with E-state index in [0.717, 1.165) is 11.3 Å². The van der Waals surface area contributed by atoms with Crippen LogP contribution in [0.1, 0.15) is 12.5 Å². The maximum atomic E-state index is 12.9. The van der Waals surface area contributed by atoms with E-state index in [1.165, 1.54) is 28.6 Å². The van der Waals surface area contributed by atoms with E-state index < -0.39 is 26.7 Å². The van der Waals surface area contributed by atoms with E-state index in [2.05, 4.69) is 5.32 Å². The van der Waals surface area contributed by atoms with Crippen LogP contribution in [0, 0.1) is 17.0 Å². The first kappa shape index (κ1) is 21.9. The maximum Gasteiger partial charge on any atom is 0.289 e. The molecule has 1 fully saturated rings. The molecule has 0 aromatic heterocycles. The van der Waals surface area contributed by atoms with Crippen LogP contribution in [0.25, 0.3) is 0 Å². The smallest absolute Gasteiger partial charge is 0.289 e. The summed E-state index contributed by atoms with van der Waals surface area (Å²) in [6, 6.07) is 12.4. The zero-order valence-corrected chi connectivity index (χ0v) is 17.6. The lowest BCUT2D eigenvalue weighted by molar-refractivity contribution is -0.387. The van der Waals surface area contributed by atoms with Crippen molar-refractivity contribution in [3.05, 3.63) is 64.2 Å². The molecule has 1 aliphatic heterocycles. The van der Waals surface area contributed by atoms with Crippen molar-refractivity contribution in [3.63, 3.8) is 0 Å². The SMILES string of the molecule is Cc1ccccc1NC(=O)C(C)N1CCN(S(=O)(=O)c2ccccc2[N+](=O)[O-])CC1. The zero-order chi connectivity index (χ0) is 21.9. The van der Waals surface area contributed by atoms with Crippen LogP contribution in [0.3, 0.4) is 0 Å². The highest BCUT2D eigenvalue weighted by molar-refractivity contribution is 7.89. The molecule has 0 aliphatic carbocycles. The van der Waals surface area contributed by atoms with Crippen LogP contribution < -0.4 is 5.32 Å². The van der Waals surface area contributed by atoms with E-state index in [1.807, 2.05) is 36.1 Å². The van der Waals surface area contributed by atoms with Gasteiger partial charge in [0, 0.05) is 37.9 Å². The molecule has 2 aromatic carbocycles. The Morgan fingerprint density at radius 3 is 2.30 bits per heavy atom. The molecule has 1 unspecified atom stereocenters. The predicted molar refractivity (Wildman–Crippen MR) is 113 cm³/mol. The van der Waals surface area contributed by atoms with Gasteiger partial charge in [-0.2, -0.15) is 4.31 Å². The predicted octanol–water partition coefficient (Wildman–Crippen LogP) is 2.24. The molecule has 1 atom stereocenters. The van der Waals surface area contributed by atoms with Crippen LogP contribution in [0.5, 0.6) is 0 Å². The summed E-state index contributed by atoms with van der Waals surface area (Å²) in [5, 5.41) is 14.1. The minimum Gasteiger partial charge on any atom is -0.324 e. The number of carbonyl (C=O) groups is 1. The van der Waals surface area contributed by atoms with Crippen LogP contribution in [0.2, 0.25) is 0 Å². The van der Waals surface area contributed by atoms with Gasteiger partial charge in [0.2, 0.25) is 15.9 Å². The number of carbonyl (C=O) groups excluding carboxylic acids is 1. The molecule has 2 aromatic rings. The zero-order valence-electron chi connectivity index (χ0n) is 16.8. The second kappa shape index (κ2) is 8.90. The Hall–Kier alpha value is -2.82. The summed E-state index contributed by atoms with van der Waals surface area (Å²) < 4.78 is 27.1. The largest absolute Gasteiger partial charge is 0.324 e. The van der Waals surface area contributed by atoms with Crippen molar-refractivity contribution in [1.82, 2.24) is 9.21 Å². The van der Waals surface area contributed by atoms with Crippen molar-refractivity contribution in [3.8, 4) is 0 Å². The number of nitrogens with zero attached hydrogens (tertiary/aromatic N) is 3. The van der Waals surface area contributed by atoms with E-state index in [4.69, 9.17) is 0 Å². The summed E-state index contributed by atoms with van der Waals surface area (Å²) >= 11 is 0. The van der Waals surface area contributed by atoms with Crippen LogP contribution in [-0.2, 0) is 14.8 Å². The van der Waals surface area contributed by atoms with Gasteiger partial charge in [-0.3, -0.25) is 19.8 Å². The molecule has 1 amide bonds. The molecule has 1 aliphatic rings. The van der Waals surface area contributed by atoms with Gasteiger partial charge in [0.25, 0.3) is 5.69 Å². The second-order valence-corrected chi connectivity index (χ2v) is 9.05. The number of nitro benzene ring substituents is 1. The first-order chi connectivity index (χ1) is 14.2. The van der Waals surface area contributed by atoms with Gasteiger partial charge in [0.1, 0.15) is 0 Å². The quantitative estimate of drug-likeness (QED) is 0.553. The molecular weight excluding hydrogens is 408 g/mol. The Bertz CT molecular complexity index is 1050. The molecule has 0 bridgehead atoms. The summed E-state index contributed by atoms with van der Waals surface area (Å²) in [6.07, 6.45) is 0. The number of nitrogens with one attached hydrogen (secondary N) is 1. The molecule has 10 heteroatoms. The third-order valence-corrected chi connectivity index (χ3v) is 7.23. The second-order valence-electron chi connectivity index (χ2n) is 7.15. The minimum atomic E-state index is -4.00. The van der Waals surface area contributed by atoms with Gasteiger partial charge in [-0.05, 0) is 31.5 Å². The molecule has 9 nitrogen and oxygen atoms in total. The molecular formula is C20H24N4O5S. The first-order valence-corrected chi connectivity index (χ1v) is 11.0. The molecule has 0 spiro atoms. The summed E-state index contributed by atoms with van der Waals surface area (Å²) in [7, 11) is -4.00. The van der Waals surface area contributed by atoms with Crippen LogP contribution in [0.15, 0.2) is 53.4 Å². The van der Waals surface area contributed by atoms with E-state index in [1.54, 1.807) is 6.92 Å². The van der Waals surface area contributed by atoms with Crippen molar-refractivity contribution in [2.75, 3.05) is 31.5 Å². The lowest BCUT2D eigenvalue weighted by Crippen LogP contribution is -2.54. The summed E-state index contributed by atoms with van der Waals surface area (Å²) in [5.41, 5.74) is 1.26. The van der Waals surface area contributed by atoms with Crippen molar-refractivity contribution < 1.29 is 18.1 Å². The van der Waals surface area contributed by atoms with Gasteiger partial charge < -0.3 is 5.32 Å². The van der Waals surface area contributed by atoms with E-state index in [9.17, 15) is 23.3 Å². The molecule has 30 heavy (non-hydrogen) atoms. The molecule has 1 heterocycles. The number of hydrogen-bond acceptors (Lipinski definition) is 6. The van der Waals surface area contributed by atoms with Crippen LogP contribution >= 0.6 is 0 Å². The molecule has 0 radical (unpaired) electrons. The van der Waals surface area contributed by atoms with Crippen LogP contribution in [0.4, 0.5) is 11.4 Å². The highest BCUT2D eigenvalue weighted by Crippen LogP contribution is 2.27. The van der Waals surface area contributed by atoms with E-state index in [0.29, 0.717) is 13.1 Å². The van der Waals surface area contributed by atoms with Gasteiger partial charge in [-0.1, -0.05) is 30.3 Å². The van der Waals surface area contributed by atoms with Crippen molar-refractivity contribution in [2.45, 2.75) is 24.8 Å². The number of para-hydroxylation sites is 2. The van der Waals surface area contributed by atoms with Gasteiger partial charge in [-0.15, -0.1) is 0 Å². The number of sulfonamides is 1. The minimum absolute atomic E-state index is 0.149. The van der Waals surface area contributed by atoms with Gasteiger partial charge in [0.15, 0.2) is 4.90 Å². The standard InChI is InChI=1S/C20H24N4O5S/c1-15-7-3-4-8-17(15)21-20(25)16(2)22-11-13-23(14-12-22)30(28,29)19-10-6-5-9-18(19)24(26)27/h3-10,16H,11-14H2,1-2H3,(H,21,25). The van der Waals surface area contributed by atoms with E-state index in [-0.39, 0.29) is 23.9 Å². The van der Waals surface area contributed by atoms with Crippen LogP contribution in [-0.4, -0.2) is 60.7 Å². The van der Waals surface area contributed by atoms with Gasteiger partial charge in [-0.25, -0.2) is 8.42 Å². The Kier molecular flexibility index (Phi) is 6.49. The topological polar surface area (TPSA) is 113 Å². The van der Waals surface area contributed by atoms with Crippen molar-refractivity contribution in [2.24, 2.45) is 0 Å². The fourth-order valence-electron chi connectivity index (χ4n) is 3.41. The fourth-order valence-corrected chi connectivity index (χ4v) is 4.99. The van der Waals surface area contributed by atoms with Gasteiger partial charge >= 0.3 is 0 Å². The fraction of sp³-hybridized carbons (Fsp3) is 0.350. The third-order valence-electron chi connectivity index (χ3n) is 5.28. The number of nitro groups is 1. The van der Waals surface area contributed by atoms with E-state index >= 15 is 0 Å². The number of benzene rings is 2. The lowest BCUT2D eigenvalue weighted by atomic mass is 10.2.